The Labute approximate surface area is 142 Å². The van der Waals surface area contributed by atoms with E-state index in [1.165, 1.54) is 18.4 Å². The fourth-order valence-electron chi connectivity index (χ4n) is 3.29. The van der Waals surface area contributed by atoms with Gasteiger partial charge in [0.2, 0.25) is 5.91 Å². The largest absolute Gasteiger partial charge is 0.487 e. The normalized spacial score (nSPS) is 18.8. The molecular weight excluding hydrogens is 300 g/mol. The highest BCUT2D eigenvalue weighted by atomic mass is 16.5. The Kier molecular flexibility index (Phi) is 3.97. The maximum Gasteiger partial charge on any atom is 0.220 e. The zero-order valence-electron chi connectivity index (χ0n) is 13.9. The molecule has 124 valence electrons. The second-order valence-electron chi connectivity index (χ2n) is 6.86. The number of benzene rings is 1. The van der Waals surface area contributed by atoms with E-state index in [-0.39, 0.29) is 12.0 Å². The first-order valence-electron chi connectivity index (χ1n) is 8.68. The molecule has 1 aromatic carbocycles. The van der Waals surface area contributed by atoms with Crippen LogP contribution in [0.2, 0.25) is 0 Å². The van der Waals surface area contributed by atoms with E-state index in [9.17, 15) is 4.79 Å². The SMILES string of the molecule is Cc1cccnc1-c1cccc2c1OC(CNC(=O)CC1CC1)C2. The number of para-hydroxylation sites is 1. The summed E-state index contributed by atoms with van der Waals surface area (Å²) in [5, 5.41) is 3.02. The van der Waals surface area contributed by atoms with Crippen LogP contribution in [0.4, 0.5) is 0 Å². The average Bonchev–Trinajstić information content (AvgIpc) is 3.28. The van der Waals surface area contributed by atoms with Crippen LogP contribution in [0.5, 0.6) is 5.75 Å². The summed E-state index contributed by atoms with van der Waals surface area (Å²) < 4.78 is 6.16. The van der Waals surface area contributed by atoms with Crippen molar-refractivity contribution in [2.75, 3.05) is 6.54 Å². The van der Waals surface area contributed by atoms with Gasteiger partial charge in [-0.15, -0.1) is 0 Å². The van der Waals surface area contributed by atoms with Crippen LogP contribution in [0.3, 0.4) is 0 Å². The third-order valence-corrected chi connectivity index (χ3v) is 4.79. The summed E-state index contributed by atoms with van der Waals surface area (Å²) in [7, 11) is 0. The number of nitrogens with one attached hydrogen (secondary N) is 1. The topological polar surface area (TPSA) is 51.2 Å². The minimum absolute atomic E-state index is 0.00771. The van der Waals surface area contributed by atoms with Crippen molar-refractivity contribution in [3.8, 4) is 17.0 Å². The molecule has 24 heavy (non-hydrogen) atoms. The lowest BCUT2D eigenvalue weighted by atomic mass is 10.0. The minimum Gasteiger partial charge on any atom is -0.487 e. The van der Waals surface area contributed by atoms with Crippen LogP contribution in [-0.4, -0.2) is 23.5 Å². The average molecular weight is 322 g/mol. The number of hydrogen-bond donors (Lipinski definition) is 1. The Morgan fingerprint density at radius 2 is 2.17 bits per heavy atom. The van der Waals surface area contributed by atoms with Gasteiger partial charge in [0.25, 0.3) is 0 Å². The second-order valence-corrected chi connectivity index (χ2v) is 6.86. The summed E-state index contributed by atoms with van der Waals surface area (Å²) in [6, 6.07) is 10.2. The molecule has 1 unspecified atom stereocenters. The predicted molar refractivity (Wildman–Crippen MR) is 92.9 cm³/mol. The van der Waals surface area contributed by atoms with Crippen LogP contribution < -0.4 is 10.1 Å². The van der Waals surface area contributed by atoms with Gasteiger partial charge in [0.05, 0.1) is 12.2 Å². The summed E-state index contributed by atoms with van der Waals surface area (Å²) in [6.07, 6.45) is 5.72. The van der Waals surface area contributed by atoms with Crippen molar-refractivity contribution in [1.82, 2.24) is 10.3 Å². The molecule has 2 heterocycles. The van der Waals surface area contributed by atoms with Crippen molar-refractivity contribution < 1.29 is 9.53 Å². The van der Waals surface area contributed by atoms with Gasteiger partial charge < -0.3 is 10.1 Å². The second kappa shape index (κ2) is 6.27. The molecule has 1 fully saturated rings. The maximum atomic E-state index is 11.9. The molecule has 1 aromatic heterocycles. The molecule has 0 radical (unpaired) electrons. The van der Waals surface area contributed by atoms with Crippen molar-refractivity contribution in [3.05, 3.63) is 47.7 Å². The fraction of sp³-hybridized carbons (Fsp3) is 0.400. The van der Waals surface area contributed by atoms with Crippen LogP contribution in [0.15, 0.2) is 36.5 Å². The molecule has 1 saturated carbocycles. The summed E-state index contributed by atoms with van der Waals surface area (Å²) in [5.74, 6) is 1.68. The number of rotatable bonds is 5. The summed E-state index contributed by atoms with van der Waals surface area (Å²) in [6.45, 7) is 2.63. The lowest BCUT2D eigenvalue weighted by Gasteiger charge is -2.14. The van der Waals surface area contributed by atoms with Gasteiger partial charge >= 0.3 is 0 Å². The van der Waals surface area contributed by atoms with Crippen molar-refractivity contribution >= 4 is 5.91 Å². The van der Waals surface area contributed by atoms with E-state index in [4.69, 9.17) is 4.74 Å². The minimum atomic E-state index is 0.00771. The molecule has 1 amide bonds. The first kappa shape index (κ1) is 15.2. The van der Waals surface area contributed by atoms with Gasteiger partial charge in [0.1, 0.15) is 11.9 Å². The zero-order valence-corrected chi connectivity index (χ0v) is 13.9. The number of amides is 1. The first-order valence-corrected chi connectivity index (χ1v) is 8.68. The monoisotopic (exact) mass is 322 g/mol. The number of nitrogens with zero attached hydrogens (tertiary/aromatic N) is 1. The molecule has 0 bridgehead atoms. The van der Waals surface area contributed by atoms with Gasteiger partial charge in [-0.3, -0.25) is 9.78 Å². The number of pyridine rings is 1. The summed E-state index contributed by atoms with van der Waals surface area (Å²) >= 11 is 0. The Morgan fingerprint density at radius 1 is 1.29 bits per heavy atom. The fourth-order valence-corrected chi connectivity index (χ4v) is 3.29. The number of aromatic nitrogens is 1. The number of hydrogen-bond acceptors (Lipinski definition) is 3. The molecule has 1 aliphatic heterocycles. The third kappa shape index (κ3) is 3.14. The van der Waals surface area contributed by atoms with Gasteiger partial charge in [-0.25, -0.2) is 0 Å². The van der Waals surface area contributed by atoms with Crippen LogP contribution in [0.1, 0.15) is 30.4 Å². The molecule has 1 aliphatic carbocycles. The van der Waals surface area contributed by atoms with Gasteiger partial charge in [-0.2, -0.15) is 0 Å². The van der Waals surface area contributed by atoms with Crippen LogP contribution in [0.25, 0.3) is 11.3 Å². The van der Waals surface area contributed by atoms with Crippen molar-refractivity contribution in [2.24, 2.45) is 5.92 Å². The highest BCUT2D eigenvalue weighted by Gasteiger charge is 2.28. The Morgan fingerprint density at radius 3 is 2.96 bits per heavy atom. The van der Waals surface area contributed by atoms with E-state index in [2.05, 4.69) is 41.5 Å². The molecular formula is C20H22N2O2. The third-order valence-electron chi connectivity index (χ3n) is 4.79. The maximum absolute atomic E-state index is 11.9. The van der Waals surface area contributed by atoms with E-state index in [0.29, 0.717) is 18.9 Å². The Bertz CT molecular complexity index is 768. The van der Waals surface area contributed by atoms with Crippen molar-refractivity contribution in [3.63, 3.8) is 0 Å². The van der Waals surface area contributed by atoms with E-state index in [1.54, 1.807) is 0 Å². The van der Waals surface area contributed by atoms with Gasteiger partial charge in [-0.1, -0.05) is 18.2 Å². The van der Waals surface area contributed by atoms with Gasteiger partial charge in [0, 0.05) is 24.6 Å². The van der Waals surface area contributed by atoms with E-state index < -0.39 is 0 Å². The molecule has 0 saturated heterocycles. The van der Waals surface area contributed by atoms with Gasteiger partial charge in [-0.05, 0) is 48.9 Å². The lowest BCUT2D eigenvalue weighted by molar-refractivity contribution is -0.121. The van der Waals surface area contributed by atoms with Crippen LogP contribution >= 0.6 is 0 Å². The molecule has 2 aliphatic rings. The van der Waals surface area contributed by atoms with Crippen molar-refractivity contribution in [1.29, 1.82) is 0 Å². The summed E-state index contributed by atoms with van der Waals surface area (Å²) in [5.41, 5.74) is 4.33. The standard InChI is InChI=1S/C20H22N2O2/c1-13-4-3-9-21-19(13)17-6-2-5-15-11-16(24-20(15)17)12-22-18(23)10-14-7-8-14/h2-6,9,14,16H,7-8,10-12H2,1H3,(H,22,23). The van der Waals surface area contributed by atoms with E-state index in [0.717, 1.165) is 29.0 Å². The molecule has 2 aromatic rings. The Balaban J connectivity index is 1.47. The zero-order chi connectivity index (χ0) is 16.5. The number of fused-ring (bicyclic) bond motifs is 1. The number of carbonyl (C=O) groups is 1. The van der Waals surface area contributed by atoms with E-state index in [1.807, 2.05) is 12.3 Å². The first-order chi connectivity index (χ1) is 11.7. The number of carbonyl (C=O) groups excluding carboxylic acids is 1. The smallest absolute Gasteiger partial charge is 0.220 e. The number of ether oxygens (including phenoxy) is 1. The molecule has 1 atom stereocenters. The quantitative estimate of drug-likeness (QED) is 0.919. The van der Waals surface area contributed by atoms with Crippen LogP contribution in [-0.2, 0) is 11.2 Å². The predicted octanol–water partition coefficient (Wildman–Crippen LogP) is 3.28. The number of aryl methyl sites for hydroxylation is 1. The highest BCUT2D eigenvalue weighted by Crippen LogP contribution is 2.39. The highest BCUT2D eigenvalue weighted by molar-refractivity contribution is 5.76. The van der Waals surface area contributed by atoms with Crippen molar-refractivity contribution in [2.45, 2.75) is 38.7 Å². The Hall–Kier alpha value is -2.36. The van der Waals surface area contributed by atoms with Gasteiger partial charge in [0.15, 0.2) is 0 Å². The lowest BCUT2D eigenvalue weighted by Crippen LogP contribution is -2.34. The summed E-state index contributed by atoms with van der Waals surface area (Å²) in [4.78, 5) is 16.4. The molecule has 0 spiro atoms. The van der Waals surface area contributed by atoms with Crippen LogP contribution in [0, 0.1) is 12.8 Å². The van der Waals surface area contributed by atoms with E-state index >= 15 is 0 Å². The molecule has 4 nitrogen and oxygen atoms in total. The molecule has 1 N–H and O–H groups in total. The molecule has 4 heteroatoms. The molecule has 4 rings (SSSR count).